The maximum absolute atomic E-state index is 4.97. The average molecular weight is 195 g/mol. The van der Waals surface area contributed by atoms with Gasteiger partial charge in [-0.15, -0.1) is 0 Å². The van der Waals surface area contributed by atoms with Crippen molar-refractivity contribution in [2.24, 2.45) is 4.99 Å². The Bertz CT molecular complexity index is 332. The van der Waals surface area contributed by atoms with E-state index >= 15 is 0 Å². The highest BCUT2D eigenvalue weighted by molar-refractivity contribution is 5.81. The predicted molar refractivity (Wildman–Crippen MR) is 51.0 cm³/mol. The molecule has 0 aromatic carbocycles. The number of hydrogen-bond donors (Lipinski definition) is 2. The van der Waals surface area contributed by atoms with Crippen LogP contribution in [0.2, 0.25) is 0 Å². The van der Waals surface area contributed by atoms with Gasteiger partial charge in [0.15, 0.2) is 11.8 Å². The highest BCUT2D eigenvalue weighted by Gasteiger charge is 2.05. The maximum atomic E-state index is 4.97. The number of nitrogens with one attached hydrogen (secondary N) is 2. The van der Waals surface area contributed by atoms with Gasteiger partial charge in [-0.1, -0.05) is 5.16 Å². The smallest absolute Gasteiger partial charge is 0.228 e. The first-order valence-corrected chi connectivity index (χ1v) is 4.66. The van der Waals surface area contributed by atoms with E-state index in [1.165, 1.54) is 0 Å². The summed E-state index contributed by atoms with van der Waals surface area (Å²) < 4.78 is 4.97. The minimum absolute atomic E-state index is 0.661. The van der Waals surface area contributed by atoms with Gasteiger partial charge in [0.2, 0.25) is 5.89 Å². The number of hydrogen-bond acceptors (Lipinski definition) is 6. The predicted octanol–water partition coefficient (Wildman–Crippen LogP) is -0.531. The number of nitrogens with zero attached hydrogens (tertiary/aromatic N) is 3. The van der Waals surface area contributed by atoms with Gasteiger partial charge >= 0.3 is 0 Å². The van der Waals surface area contributed by atoms with Crippen LogP contribution in [0.4, 0.5) is 0 Å². The van der Waals surface area contributed by atoms with Gasteiger partial charge in [-0.05, 0) is 6.92 Å². The molecule has 14 heavy (non-hydrogen) atoms. The van der Waals surface area contributed by atoms with Gasteiger partial charge in [0.25, 0.3) is 0 Å². The molecule has 6 nitrogen and oxygen atoms in total. The number of rotatable bonds is 3. The van der Waals surface area contributed by atoms with Crippen LogP contribution in [0, 0.1) is 6.92 Å². The molecule has 2 N–H and O–H groups in total. The van der Waals surface area contributed by atoms with Crippen molar-refractivity contribution in [3.05, 3.63) is 11.7 Å². The van der Waals surface area contributed by atoms with E-state index in [4.69, 9.17) is 4.52 Å². The Kier molecular flexibility index (Phi) is 2.62. The van der Waals surface area contributed by atoms with Crippen molar-refractivity contribution in [3.63, 3.8) is 0 Å². The summed E-state index contributed by atoms with van der Waals surface area (Å²) in [5.41, 5.74) is 0. The molecule has 6 heteroatoms. The summed E-state index contributed by atoms with van der Waals surface area (Å²) in [4.78, 5) is 8.30. The van der Waals surface area contributed by atoms with Gasteiger partial charge in [0, 0.05) is 19.5 Å². The molecular weight excluding hydrogens is 182 g/mol. The Labute approximate surface area is 81.8 Å². The van der Waals surface area contributed by atoms with Gasteiger partial charge in [-0.3, -0.25) is 4.99 Å². The number of aryl methyl sites for hydroxylation is 1. The fraction of sp³-hybridized carbons (Fsp3) is 0.625. The van der Waals surface area contributed by atoms with Crippen LogP contribution in [0.3, 0.4) is 0 Å². The third kappa shape index (κ3) is 2.21. The van der Waals surface area contributed by atoms with Crippen LogP contribution in [-0.2, 0) is 6.42 Å². The molecule has 0 spiro atoms. The molecule has 0 amide bonds. The Morgan fingerprint density at radius 3 is 3.14 bits per heavy atom. The molecule has 2 rings (SSSR count). The highest BCUT2D eigenvalue weighted by atomic mass is 16.5. The fourth-order valence-corrected chi connectivity index (χ4v) is 1.25. The molecule has 0 bridgehead atoms. The second-order valence-corrected chi connectivity index (χ2v) is 3.07. The molecule has 0 atom stereocenters. The average Bonchev–Trinajstić information content (AvgIpc) is 2.77. The lowest BCUT2D eigenvalue weighted by molar-refractivity contribution is 0.374. The topological polar surface area (TPSA) is 75.3 Å². The van der Waals surface area contributed by atoms with Crippen LogP contribution in [0.25, 0.3) is 0 Å². The fourth-order valence-electron chi connectivity index (χ4n) is 1.25. The largest absolute Gasteiger partial charge is 0.356 e. The lowest BCUT2D eigenvalue weighted by Gasteiger charge is -2.03. The molecule has 0 radical (unpaired) electrons. The molecule has 1 aliphatic rings. The lowest BCUT2D eigenvalue weighted by atomic mass is 10.4. The summed E-state index contributed by atoms with van der Waals surface area (Å²) in [6.07, 6.45) is 0.724. The van der Waals surface area contributed by atoms with E-state index in [1.54, 1.807) is 0 Å². The summed E-state index contributed by atoms with van der Waals surface area (Å²) in [6, 6.07) is 0. The van der Waals surface area contributed by atoms with Crippen molar-refractivity contribution in [2.75, 3.05) is 19.6 Å². The van der Waals surface area contributed by atoms with E-state index in [-0.39, 0.29) is 0 Å². The minimum Gasteiger partial charge on any atom is -0.356 e. The van der Waals surface area contributed by atoms with Crippen LogP contribution in [-0.4, -0.2) is 35.7 Å². The van der Waals surface area contributed by atoms with E-state index in [1.807, 2.05) is 6.92 Å². The Morgan fingerprint density at radius 1 is 1.57 bits per heavy atom. The summed E-state index contributed by atoms with van der Waals surface area (Å²) in [5, 5.41) is 9.98. The Morgan fingerprint density at radius 2 is 2.50 bits per heavy atom. The van der Waals surface area contributed by atoms with Crippen LogP contribution < -0.4 is 10.6 Å². The first-order valence-electron chi connectivity index (χ1n) is 4.66. The molecule has 1 aromatic heterocycles. The van der Waals surface area contributed by atoms with Crippen molar-refractivity contribution < 1.29 is 4.52 Å². The van der Waals surface area contributed by atoms with E-state index in [0.29, 0.717) is 11.7 Å². The van der Waals surface area contributed by atoms with Crippen LogP contribution in [0.5, 0.6) is 0 Å². The molecule has 0 saturated carbocycles. The standard InChI is InChI=1S/C8H13N5O/c1-6-12-7(14-13-6)2-3-9-8-10-4-5-11-8/h2-5H2,1H3,(H2,9,10,11). The van der Waals surface area contributed by atoms with Gasteiger partial charge in [-0.2, -0.15) is 4.98 Å². The van der Waals surface area contributed by atoms with Gasteiger partial charge in [0.05, 0.1) is 6.54 Å². The summed E-state index contributed by atoms with van der Waals surface area (Å²) in [6.45, 7) is 4.33. The third-order valence-electron chi connectivity index (χ3n) is 1.88. The van der Waals surface area contributed by atoms with Crippen molar-refractivity contribution in [3.8, 4) is 0 Å². The molecule has 0 aliphatic carbocycles. The second-order valence-electron chi connectivity index (χ2n) is 3.07. The summed E-state index contributed by atoms with van der Waals surface area (Å²) >= 11 is 0. The van der Waals surface area contributed by atoms with E-state index in [0.717, 1.165) is 32.0 Å². The highest BCUT2D eigenvalue weighted by Crippen LogP contribution is 1.95. The van der Waals surface area contributed by atoms with Gasteiger partial charge in [-0.25, -0.2) is 0 Å². The van der Waals surface area contributed by atoms with Crippen molar-refractivity contribution in [2.45, 2.75) is 13.3 Å². The minimum atomic E-state index is 0.661. The molecule has 0 saturated heterocycles. The first kappa shape index (κ1) is 8.98. The lowest BCUT2D eigenvalue weighted by Crippen LogP contribution is -2.34. The zero-order chi connectivity index (χ0) is 9.80. The monoisotopic (exact) mass is 195 g/mol. The number of guanidine groups is 1. The van der Waals surface area contributed by atoms with E-state index in [2.05, 4.69) is 25.8 Å². The van der Waals surface area contributed by atoms with Crippen molar-refractivity contribution in [1.29, 1.82) is 0 Å². The first-order chi connectivity index (χ1) is 6.84. The van der Waals surface area contributed by atoms with Crippen molar-refractivity contribution >= 4 is 5.96 Å². The molecule has 1 aromatic rings. The molecule has 76 valence electrons. The van der Waals surface area contributed by atoms with Crippen LogP contribution in [0.15, 0.2) is 9.52 Å². The van der Waals surface area contributed by atoms with Crippen LogP contribution >= 0.6 is 0 Å². The van der Waals surface area contributed by atoms with E-state index in [9.17, 15) is 0 Å². The third-order valence-corrected chi connectivity index (χ3v) is 1.88. The molecule has 0 unspecified atom stereocenters. The quantitative estimate of drug-likeness (QED) is 0.678. The zero-order valence-electron chi connectivity index (χ0n) is 8.08. The Hall–Kier alpha value is -1.59. The molecule has 1 aliphatic heterocycles. The molecular formula is C8H13N5O. The Balaban J connectivity index is 1.72. The van der Waals surface area contributed by atoms with Crippen LogP contribution in [0.1, 0.15) is 11.7 Å². The molecule has 0 fully saturated rings. The normalized spacial score (nSPS) is 15.1. The van der Waals surface area contributed by atoms with Gasteiger partial charge < -0.3 is 15.2 Å². The zero-order valence-corrected chi connectivity index (χ0v) is 8.08. The summed E-state index contributed by atoms with van der Waals surface area (Å²) in [7, 11) is 0. The van der Waals surface area contributed by atoms with E-state index < -0.39 is 0 Å². The van der Waals surface area contributed by atoms with Crippen molar-refractivity contribution in [1.82, 2.24) is 20.8 Å². The number of aliphatic imine (C=N–C) groups is 1. The summed E-state index contributed by atoms with van der Waals surface area (Å²) in [5.74, 6) is 2.20. The molecule has 2 heterocycles. The SMILES string of the molecule is Cc1noc(CCNC2=NCCN2)n1. The number of aromatic nitrogens is 2. The van der Waals surface area contributed by atoms with Gasteiger partial charge in [0.1, 0.15) is 0 Å². The second kappa shape index (κ2) is 4.08. The maximum Gasteiger partial charge on any atom is 0.228 e.